The Bertz CT molecular complexity index is 290. The zero-order valence-corrected chi connectivity index (χ0v) is 10.8. The monoisotopic (exact) mass is 244 g/mol. The Hall–Kier alpha value is -0.260. The normalized spacial score (nSPS) is 28.4. The van der Waals surface area contributed by atoms with Crippen LogP contribution in [-0.4, -0.2) is 58.2 Å². The molecule has 0 bridgehead atoms. The number of aliphatic carboxylic acids is 1. The van der Waals surface area contributed by atoms with Crippen LogP contribution in [0.15, 0.2) is 0 Å². The molecule has 0 spiro atoms. The Balaban J connectivity index is 2.06. The lowest BCUT2D eigenvalue weighted by atomic mass is 9.85. The maximum atomic E-state index is 11.0. The lowest BCUT2D eigenvalue weighted by Crippen LogP contribution is -2.72. The van der Waals surface area contributed by atoms with Crippen molar-refractivity contribution in [3.05, 3.63) is 0 Å². The van der Waals surface area contributed by atoms with Crippen molar-refractivity contribution in [2.75, 3.05) is 31.9 Å². The van der Waals surface area contributed by atoms with Crippen LogP contribution >= 0.6 is 11.8 Å². The molecule has 2 aliphatic rings. The molecular weight excluding hydrogens is 224 g/mol. The first-order valence-electron chi connectivity index (χ1n) is 5.75. The molecule has 0 aromatic rings. The molecule has 92 valence electrons. The topological polar surface area (TPSA) is 52.6 Å². The molecule has 2 aliphatic heterocycles. The number of hydrogen-bond donors (Lipinski definition) is 2. The summed E-state index contributed by atoms with van der Waals surface area (Å²) in [5, 5.41) is 12.2. The Kier molecular flexibility index (Phi) is 3.20. The Labute approximate surface area is 101 Å². The first-order valence-corrected chi connectivity index (χ1v) is 6.74. The van der Waals surface area contributed by atoms with Crippen LogP contribution in [0.3, 0.4) is 0 Å². The number of carboxylic acids is 1. The van der Waals surface area contributed by atoms with E-state index < -0.39 is 5.97 Å². The molecule has 5 heteroatoms. The number of nitrogens with zero attached hydrogens (tertiary/aromatic N) is 1. The van der Waals surface area contributed by atoms with Gasteiger partial charge in [0.25, 0.3) is 0 Å². The molecule has 0 radical (unpaired) electrons. The van der Waals surface area contributed by atoms with Crippen molar-refractivity contribution in [3.63, 3.8) is 0 Å². The van der Waals surface area contributed by atoms with E-state index in [1.54, 1.807) is 0 Å². The first kappa shape index (κ1) is 12.2. The lowest BCUT2D eigenvalue weighted by molar-refractivity contribution is -0.142. The van der Waals surface area contributed by atoms with Gasteiger partial charge in [-0.2, -0.15) is 11.8 Å². The zero-order valence-electron chi connectivity index (χ0n) is 9.95. The molecular formula is C11H20N2O2S. The molecule has 2 fully saturated rings. The summed E-state index contributed by atoms with van der Waals surface area (Å²) in [5.74, 6) is 0.423. The van der Waals surface area contributed by atoms with Gasteiger partial charge in [0.05, 0.1) is 12.0 Å². The van der Waals surface area contributed by atoms with E-state index in [0.29, 0.717) is 0 Å². The van der Waals surface area contributed by atoms with Crippen LogP contribution in [0.4, 0.5) is 0 Å². The minimum Gasteiger partial charge on any atom is -0.481 e. The van der Waals surface area contributed by atoms with Gasteiger partial charge < -0.3 is 10.4 Å². The molecule has 2 rings (SSSR count). The second-order valence-electron chi connectivity index (χ2n) is 5.43. The highest BCUT2D eigenvalue weighted by atomic mass is 32.2. The number of hydrogen-bond acceptors (Lipinski definition) is 4. The van der Waals surface area contributed by atoms with E-state index in [0.717, 1.165) is 31.9 Å². The smallest absolute Gasteiger partial charge is 0.305 e. The second kappa shape index (κ2) is 4.20. The molecule has 2 heterocycles. The number of thioether (sulfide) groups is 1. The Morgan fingerprint density at radius 1 is 1.50 bits per heavy atom. The van der Waals surface area contributed by atoms with Crippen LogP contribution in [0.5, 0.6) is 0 Å². The van der Waals surface area contributed by atoms with Crippen molar-refractivity contribution < 1.29 is 9.90 Å². The number of rotatable bonds is 3. The molecule has 0 atom stereocenters. The van der Waals surface area contributed by atoms with Gasteiger partial charge >= 0.3 is 5.97 Å². The van der Waals surface area contributed by atoms with E-state index in [4.69, 9.17) is 5.11 Å². The molecule has 0 aliphatic carbocycles. The quantitative estimate of drug-likeness (QED) is 0.762. The average molecular weight is 244 g/mol. The van der Waals surface area contributed by atoms with E-state index in [1.165, 1.54) is 0 Å². The van der Waals surface area contributed by atoms with Crippen molar-refractivity contribution in [2.24, 2.45) is 0 Å². The van der Waals surface area contributed by atoms with Gasteiger partial charge in [-0.15, -0.1) is 0 Å². The Morgan fingerprint density at radius 3 is 2.62 bits per heavy atom. The van der Waals surface area contributed by atoms with Gasteiger partial charge in [0.2, 0.25) is 0 Å². The van der Waals surface area contributed by atoms with Crippen LogP contribution in [-0.2, 0) is 4.79 Å². The van der Waals surface area contributed by atoms with Crippen LogP contribution < -0.4 is 5.32 Å². The van der Waals surface area contributed by atoms with Gasteiger partial charge in [0.1, 0.15) is 0 Å². The molecule has 16 heavy (non-hydrogen) atoms. The average Bonchev–Trinajstić information content (AvgIpc) is 2.09. The van der Waals surface area contributed by atoms with Crippen molar-refractivity contribution in [2.45, 2.75) is 30.6 Å². The first-order chi connectivity index (χ1) is 7.44. The maximum absolute atomic E-state index is 11.0. The predicted molar refractivity (Wildman–Crippen MR) is 66.0 cm³/mol. The summed E-state index contributed by atoms with van der Waals surface area (Å²) in [6, 6.07) is 0. The molecule has 2 N–H and O–H groups in total. The minimum absolute atomic E-state index is 0.121. The fraction of sp³-hybridized carbons (Fsp3) is 0.909. The third kappa shape index (κ3) is 2.36. The summed E-state index contributed by atoms with van der Waals surface area (Å²) in [6.45, 7) is 8.13. The van der Waals surface area contributed by atoms with Crippen molar-refractivity contribution in [1.82, 2.24) is 10.2 Å². The predicted octanol–water partition coefficient (Wildman–Crippen LogP) is 0.631. The van der Waals surface area contributed by atoms with Gasteiger partial charge in [-0.1, -0.05) is 0 Å². The molecule has 0 aromatic heterocycles. The lowest BCUT2D eigenvalue weighted by Gasteiger charge is -2.54. The van der Waals surface area contributed by atoms with Crippen molar-refractivity contribution >= 4 is 17.7 Å². The highest BCUT2D eigenvalue weighted by Crippen LogP contribution is 2.35. The fourth-order valence-electron chi connectivity index (χ4n) is 2.58. The SMILES string of the molecule is CC1(C)CN(C2(CC(=O)O)CNC2)CCS1. The van der Waals surface area contributed by atoms with Crippen molar-refractivity contribution in [3.8, 4) is 0 Å². The van der Waals surface area contributed by atoms with E-state index in [-0.39, 0.29) is 16.7 Å². The molecule has 0 unspecified atom stereocenters. The summed E-state index contributed by atoms with van der Waals surface area (Å²) >= 11 is 1.98. The van der Waals surface area contributed by atoms with E-state index in [2.05, 4.69) is 24.1 Å². The largest absolute Gasteiger partial charge is 0.481 e. The number of carbonyl (C=O) groups is 1. The summed E-state index contributed by atoms with van der Waals surface area (Å²) < 4.78 is 0.249. The van der Waals surface area contributed by atoms with Crippen LogP contribution in [0.2, 0.25) is 0 Å². The van der Waals surface area contributed by atoms with Crippen molar-refractivity contribution in [1.29, 1.82) is 0 Å². The Morgan fingerprint density at radius 2 is 2.19 bits per heavy atom. The minimum atomic E-state index is -0.683. The van der Waals surface area contributed by atoms with Gasteiger partial charge in [-0.05, 0) is 13.8 Å². The maximum Gasteiger partial charge on any atom is 0.305 e. The molecule has 4 nitrogen and oxygen atoms in total. The van der Waals surface area contributed by atoms with Gasteiger partial charge in [0, 0.05) is 36.7 Å². The van der Waals surface area contributed by atoms with E-state index >= 15 is 0 Å². The molecule has 0 amide bonds. The standard InChI is InChI=1S/C11H20N2O2S/c1-10(2)8-13(3-4-16-10)11(5-9(14)15)6-12-7-11/h12H,3-8H2,1-2H3,(H,14,15). The van der Waals surface area contributed by atoms with Gasteiger partial charge in [-0.25, -0.2) is 0 Å². The highest BCUT2D eigenvalue weighted by Gasteiger charge is 2.46. The van der Waals surface area contributed by atoms with Gasteiger partial charge in [-0.3, -0.25) is 9.69 Å². The summed E-state index contributed by atoms with van der Waals surface area (Å²) in [7, 11) is 0. The van der Waals surface area contributed by atoms with Crippen LogP contribution in [0.1, 0.15) is 20.3 Å². The molecule has 0 saturated carbocycles. The van der Waals surface area contributed by atoms with Gasteiger partial charge in [0.15, 0.2) is 0 Å². The van der Waals surface area contributed by atoms with E-state index in [9.17, 15) is 4.79 Å². The fourth-order valence-corrected chi connectivity index (χ4v) is 3.69. The number of nitrogens with one attached hydrogen (secondary N) is 1. The zero-order chi connectivity index (χ0) is 11.8. The van der Waals surface area contributed by atoms with Crippen LogP contribution in [0.25, 0.3) is 0 Å². The summed E-state index contributed by atoms with van der Waals surface area (Å²) in [5.41, 5.74) is -0.121. The summed E-state index contributed by atoms with van der Waals surface area (Å²) in [4.78, 5) is 13.3. The third-order valence-corrected chi connectivity index (χ3v) is 4.78. The summed E-state index contributed by atoms with van der Waals surface area (Å²) in [6.07, 6.45) is 0.265. The second-order valence-corrected chi connectivity index (χ2v) is 7.23. The van der Waals surface area contributed by atoms with E-state index in [1.807, 2.05) is 11.8 Å². The highest BCUT2D eigenvalue weighted by molar-refractivity contribution is 8.00. The number of carboxylic acid groups (broad SMARTS) is 1. The third-order valence-electron chi connectivity index (χ3n) is 3.48. The molecule has 0 aromatic carbocycles. The van der Waals surface area contributed by atoms with Crippen LogP contribution in [0, 0.1) is 0 Å². The molecule has 2 saturated heterocycles.